The standard InChI is InChI=1S/C6H8NO3/c1-2-7-6(9)3-4-10-5-8/h3-4H,2H2,1H3,(H,7,9). The van der Waals surface area contributed by atoms with Gasteiger partial charge in [-0.25, -0.2) is 4.79 Å². The molecule has 0 aliphatic heterocycles. The van der Waals surface area contributed by atoms with Crippen molar-refractivity contribution in [2.24, 2.45) is 0 Å². The highest BCUT2D eigenvalue weighted by atomic mass is 16.5. The van der Waals surface area contributed by atoms with E-state index in [9.17, 15) is 9.59 Å². The van der Waals surface area contributed by atoms with E-state index in [2.05, 4.69) is 10.1 Å². The molecule has 0 aromatic rings. The molecule has 0 spiro atoms. The van der Waals surface area contributed by atoms with Crippen LogP contribution in [0.5, 0.6) is 0 Å². The van der Waals surface area contributed by atoms with Gasteiger partial charge in [-0.2, -0.15) is 0 Å². The Hall–Kier alpha value is -1.32. The Bertz CT molecular complexity index is 142. The predicted molar refractivity (Wildman–Crippen MR) is 34.6 cm³/mol. The highest BCUT2D eigenvalue weighted by Crippen LogP contribution is 1.73. The molecule has 0 unspecified atom stereocenters. The molecule has 0 saturated carbocycles. The summed E-state index contributed by atoms with van der Waals surface area (Å²) in [6.45, 7) is 3.49. The van der Waals surface area contributed by atoms with Crippen molar-refractivity contribution in [2.45, 2.75) is 6.92 Å². The summed E-state index contributed by atoms with van der Waals surface area (Å²) in [4.78, 5) is 19.9. The first-order valence-corrected chi connectivity index (χ1v) is 2.78. The largest absolute Gasteiger partial charge is 0.426 e. The molecule has 0 aliphatic carbocycles. The van der Waals surface area contributed by atoms with Crippen LogP contribution in [0.1, 0.15) is 6.92 Å². The van der Waals surface area contributed by atoms with Crippen molar-refractivity contribution >= 4 is 12.4 Å². The Labute approximate surface area is 58.9 Å². The molecule has 0 atom stereocenters. The number of likely N-dealkylation sites (N-methyl/N-ethyl adjacent to an activating group) is 1. The summed E-state index contributed by atoms with van der Waals surface area (Å²) in [5, 5.41) is 2.47. The van der Waals surface area contributed by atoms with Gasteiger partial charge in [0.2, 0.25) is 5.91 Å². The lowest BCUT2D eigenvalue weighted by atomic mass is 10.5. The average molecular weight is 142 g/mol. The molecule has 0 saturated heterocycles. The summed E-state index contributed by atoms with van der Waals surface area (Å²) in [6, 6.07) is 0. The van der Waals surface area contributed by atoms with Crippen molar-refractivity contribution in [2.75, 3.05) is 6.54 Å². The second-order valence-corrected chi connectivity index (χ2v) is 1.40. The van der Waals surface area contributed by atoms with Gasteiger partial charge in [0.1, 0.15) is 6.26 Å². The second kappa shape index (κ2) is 5.81. The van der Waals surface area contributed by atoms with Crippen LogP contribution in [0.2, 0.25) is 0 Å². The SMILES string of the molecule is CCNC(=O)C=CO[C]=O. The van der Waals surface area contributed by atoms with Crippen LogP contribution in [-0.4, -0.2) is 18.9 Å². The quantitative estimate of drug-likeness (QED) is 0.434. The number of rotatable bonds is 4. The van der Waals surface area contributed by atoms with Crippen molar-refractivity contribution in [1.29, 1.82) is 0 Å². The summed E-state index contributed by atoms with van der Waals surface area (Å²) in [7, 11) is 0. The van der Waals surface area contributed by atoms with Gasteiger partial charge < -0.3 is 10.1 Å². The fourth-order valence-electron chi connectivity index (χ4n) is 0.357. The molecular weight excluding hydrogens is 134 g/mol. The van der Waals surface area contributed by atoms with Crippen molar-refractivity contribution in [3.63, 3.8) is 0 Å². The third-order valence-electron chi connectivity index (χ3n) is 0.687. The Kier molecular flexibility index (Phi) is 5.04. The van der Waals surface area contributed by atoms with Gasteiger partial charge in [0, 0.05) is 12.6 Å². The maximum Gasteiger partial charge on any atom is 0.422 e. The van der Waals surface area contributed by atoms with Crippen LogP contribution in [0.25, 0.3) is 0 Å². The van der Waals surface area contributed by atoms with Crippen LogP contribution in [-0.2, 0) is 14.3 Å². The van der Waals surface area contributed by atoms with Crippen molar-refractivity contribution in [3.05, 3.63) is 12.3 Å². The Morgan fingerprint density at radius 2 is 2.50 bits per heavy atom. The third-order valence-corrected chi connectivity index (χ3v) is 0.687. The van der Waals surface area contributed by atoms with Crippen molar-refractivity contribution < 1.29 is 14.3 Å². The summed E-state index contributed by atoms with van der Waals surface area (Å²) in [5.74, 6) is -0.294. The van der Waals surface area contributed by atoms with Gasteiger partial charge in [-0.3, -0.25) is 4.79 Å². The zero-order valence-electron chi connectivity index (χ0n) is 5.59. The van der Waals surface area contributed by atoms with Gasteiger partial charge in [-0.15, -0.1) is 0 Å². The molecule has 4 nitrogen and oxygen atoms in total. The second-order valence-electron chi connectivity index (χ2n) is 1.40. The lowest BCUT2D eigenvalue weighted by Crippen LogP contribution is -2.19. The minimum absolute atomic E-state index is 0.294. The monoisotopic (exact) mass is 142 g/mol. The summed E-state index contributed by atoms with van der Waals surface area (Å²) >= 11 is 0. The smallest absolute Gasteiger partial charge is 0.422 e. The molecule has 1 amide bonds. The number of carbonyl (C=O) groups is 1. The molecule has 0 fully saturated rings. The van der Waals surface area contributed by atoms with E-state index < -0.39 is 0 Å². The van der Waals surface area contributed by atoms with Gasteiger partial charge in [-0.1, -0.05) is 0 Å². The lowest BCUT2D eigenvalue weighted by molar-refractivity contribution is -0.116. The summed E-state index contributed by atoms with van der Waals surface area (Å²) < 4.78 is 4.00. The Morgan fingerprint density at radius 3 is 3.00 bits per heavy atom. The number of hydrogen-bond acceptors (Lipinski definition) is 3. The predicted octanol–water partition coefficient (Wildman–Crippen LogP) is -0.280. The summed E-state index contributed by atoms with van der Waals surface area (Å²) in [5.41, 5.74) is 0. The molecule has 55 valence electrons. The first-order chi connectivity index (χ1) is 4.81. The topological polar surface area (TPSA) is 55.4 Å². The maximum absolute atomic E-state index is 10.5. The fourth-order valence-corrected chi connectivity index (χ4v) is 0.357. The molecule has 1 radical (unpaired) electrons. The first-order valence-electron chi connectivity index (χ1n) is 2.78. The van der Waals surface area contributed by atoms with Crippen LogP contribution in [0.15, 0.2) is 12.3 Å². The number of ether oxygens (including phenoxy) is 1. The molecule has 10 heavy (non-hydrogen) atoms. The molecule has 0 heterocycles. The minimum Gasteiger partial charge on any atom is -0.426 e. The van der Waals surface area contributed by atoms with Gasteiger partial charge >= 0.3 is 6.47 Å². The maximum atomic E-state index is 10.5. The first kappa shape index (κ1) is 8.68. The van der Waals surface area contributed by atoms with E-state index in [0.29, 0.717) is 6.54 Å². The lowest BCUT2D eigenvalue weighted by Gasteiger charge is -1.92. The van der Waals surface area contributed by atoms with Crippen LogP contribution >= 0.6 is 0 Å². The third kappa shape index (κ3) is 4.83. The molecule has 0 aromatic carbocycles. The van der Waals surface area contributed by atoms with E-state index in [1.165, 1.54) is 0 Å². The van der Waals surface area contributed by atoms with E-state index >= 15 is 0 Å². The van der Waals surface area contributed by atoms with Gasteiger partial charge in [0.05, 0.1) is 0 Å². The Morgan fingerprint density at radius 1 is 1.80 bits per heavy atom. The Balaban J connectivity index is 3.45. The van der Waals surface area contributed by atoms with Crippen molar-refractivity contribution in [3.8, 4) is 0 Å². The van der Waals surface area contributed by atoms with Crippen LogP contribution in [0.4, 0.5) is 0 Å². The van der Waals surface area contributed by atoms with Crippen LogP contribution in [0.3, 0.4) is 0 Å². The zero-order chi connectivity index (χ0) is 7.82. The molecule has 0 aromatic heterocycles. The molecular formula is C6H8NO3. The van der Waals surface area contributed by atoms with Crippen molar-refractivity contribution in [1.82, 2.24) is 5.32 Å². The van der Waals surface area contributed by atoms with Gasteiger partial charge in [0.15, 0.2) is 0 Å². The number of amides is 1. The molecule has 0 rings (SSSR count). The molecule has 0 aliphatic rings. The minimum atomic E-state index is -0.294. The summed E-state index contributed by atoms with van der Waals surface area (Å²) in [6.07, 6.45) is 2.08. The number of carbonyl (C=O) groups excluding carboxylic acids is 2. The fraction of sp³-hybridized carbons (Fsp3) is 0.333. The van der Waals surface area contributed by atoms with Gasteiger partial charge in [0.25, 0.3) is 0 Å². The van der Waals surface area contributed by atoms with E-state index in [1.807, 2.05) is 0 Å². The molecule has 4 heteroatoms. The normalized spacial score (nSPS) is 9.30. The average Bonchev–Trinajstić information content (AvgIpc) is 1.89. The highest BCUT2D eigenvalue weighted by Gasteiger charge is 1.88. The number of hydrogen-bond donors (Lipinski definition) is 1. The molecule has 1 N–H and O–H groups in total. The van der Waals surface area contributed by atoms with Gasteiger partial charge in [-0.05, 0) is 6.92 Å². The highest BCUT2D eigenvalue weighted by molar-refractivity contribution is 5.87. The van der Waals surface area contributed by atoms with Crippen LogP contribution in [0, 0.1) is 0 Å². The van der Waals surface area contributed by atoms with E-state index in [1.54, 1.807) is 6.92 Å². The van der Waals surface area contributed by atoms with E-state index in [-0.39, 0.29) is 5.91 Å². The van der Waals surface area contributed by atoms with E-state index in [4.69, 9.17) is 0 Å². The molecule has 0 bridgehead atoms. The van der Waals surface area contributed by atoms with E-state index in [0.717, 1.165) is 18.8 Å². The number of nitrogens with one attached hydrogen (secondary N) is 1. The van der Waals surface area contributed by atoms with Crippen LogP contribution < -0.4 is 5.32 Å². The zero-order valence-corrected chi connectivity index (χ0v) is 5.59.